The molecule has 0 atom stereocenters. The van der Waals surface area contributed by atoms with Gasteiger partial charge in [0.25, 0.3) is 0 Å². The van der Waals surface area contributed by atoms with E-state index in [0.717, 1.165) is 18.5 Å². The van der Waals surface area contributed by atoms with E-state index in [9.17, 15) is 0 Å². The van der Waals surface area contributed by atoms with Crippen LogP contribution in [0, 0.1) is 13.8 Å². The molecular formula is C51H39N. The molecule has 0 heterocycles. The Morgan fingerprint density at radius 1 is 0.481 bits per heavy atom. The van der Waals surface area contributed by atoms with Crippen LogP contribution in [0.1, 0.15) is 51.8 Å². The molecule has 0 amide bonds. The zero-order valence-electron chi connectivity index (χ0n) is 29.6. The second-order valence-corrected chi connectivity index (χ2v) is 14.4. The standard InChI is InChI=1S/C51H39N/c1-34-32-39(37-18-7-4-8-19-37)33-35(2)50(34)52(40-30-28-38(29-31-40)36-16-5-3-6-17-36)48-27-15-26-47-49(48)43-22-11-14-25-46(43)51(47)44-23-12-9-20-41(44)42-21-10-13-24-45(42)51/h4-5,7-33H,3,6H2,1-2H3. The molecule has 1 heteroatoms. The van der Waals surface area contributed by atoms with Gasteiger partial charge < -0.3 is 4.90 Å². The van der Waals surface area contributed by atoms with Gasteiger partial charge in [0.1, 0.15) is 0 Å². The minimum Gasteiger partial charge on any atom is -0.309 e. The number of allylic oxidation sites excluding steroid dienone is 4. The van der Waals surface area contributed by atoms with Crippen molar-refractivity contribution in [1.29, 1.82) is 0 Å². The molecule has 0 unspecified atom stereocenters. The predicted octanol–water partition coefficient (Wildman–Crippen LogP) is 13.5. The maximum absolute atomic E-state index is 2.54. The normalized spacial score (nSPS) is 14.4. The van der Waals surface area contributed by atoms with E-state index in [1.807, 2.05) is 0 Å². The molecule has 0 bridgehead atoms. The third-order valence-electron chi connectivity index (χ3n) is 11.5. The Morgan fingerprint density at radius 3 is 1.69 bits per heavy atom. The van der Waals surface area contributed by atoms with Gasteiger partial charge in [-0.15, -0.1) is 0 Å². The van der Waals surface area contributed by atoms with Crippen molar-refractivity contribution in [3.63, 3.8) is 0 Å². The van der Waals surface area contributed by atoms with Gasteiger partial charge >= 0.3 is 0 Å². The van der Waals surface area contributed by atoms with Crippen LogP contribution in [0.3, 0.4) is 0 Å². The van der Waals surface area contributed by atoms with Crippen LogP contribution in [0.15, 0.2) is 176 Å². The van der Waals surface area contributed by atoms with Crippen molar-refractivity contribution in [3.05, 3.63) is 215 Å². The SMILES string of the molecule is Cc1cc(-c2ccccc2)cc(C)c1N(c1ccc(C2=CCCC=C2)cc1)c1cccc2c1-c1ccccc1C21c2ccccc2-c2ccccc21. The van der Waals surface area contributed by atoms with Crippen LogP contribution in [0.2, 0.25) is 0 Å². The number of fused-ring (bicyclic) bond motifs is 10. The smallest absolute Gasteiger partial charge is 0.0726 e. The number of hydrogen-bond acceptors (Lipinski definition) is 1. The lowest BCUT2D eigenvalue weighted by Crippen LogP contribution is -2.26. The summed E-state index contributed by atoms with van der Waals surface area (Å²) in [5.74, 6) is 0. The molecule has 0 aromatic heterocycles. The molecule has 3 aliphatic carbocycles. The molecule has 0 saturated heterocycles. The lowest BCUT2D eigenvalue weighted by Gasteiger charge is -2.33. The van der Waals surface area contributed by atoms with Gasteiger partial charge in [0, 0.05) is 11.3 Å². The van der Waals surface area contributed by atoms with Crippen LogP contribution >= 0.6 is 0 Å². The predicted molar refractivity (Wildman–Crippen MR) is 219 cm³/mol. The van der Waals surface area contributed by atoms with Gasteiger partial charge in [-0.3, -0.25) is 0 Å². The molecule has 1 nitrogen and oxygen atoms in total. The van der Waals surface area contributed by atoms with Crippen LogP contribution in [0.4, 0.5) is 17.1 Å². The highest BCUT2D eigenvalue weighted by Gasteiger charge is 2.52. The van der Waals surface area contributed by atoms with Crippen LogP contribution < -0.4 is 4.90 Å². The van der Waals surface area contributed by atoms with Gasteiger partial charge in [-0.05, 0) is 129 Å². The molecule has 0 aliphatic heterocycles. The van der Waals surface area contributed by atoms with Crippen molar-refractivity contribution in [2.75, 3.05) is 4.90 Å². The summed E-state index contributed by atoms with van der Waals surface area (Å²) in [5, 5.41) is 0. The van der Waals surface area contributed by atoms with Gasteiger partial charge in [0.15, 0.2) is 0 Å². The Hall–Kier alpha value is -6.18. The molecule has 0 saturated carbocycles. The average Bonchev–Trinajstić information content (AvgIpc) is 3.68. The zero-order chi connectivity index (χ0) is 34.8. The van der Waals surface area contributed by atoms with Gasteiger partial charge in [0.2, 0.25) is 0 Å². The second-order valence-electron chi connectivity index (χ2n) is 14.4. The monoisotopic (exact) mass is 665 g/mol. The first-order valence-electron chi connectivity index (χ1n) is 18.5. The number of hydrogen-bond donors (Lipinski definition) is 0. The van der Waals surface area contributed by atoms with E-state index >= 15 is 0 Å². The number of anilines is 3. The Kier molecular flexibility index (Phi) is 7.05. The van der Waals surface area contributed by atoms with Crippen molar-refractivity contribution >= 4 is 22.6 Å². The lowest BCUT2D eigenvalue weighted by atomic mass is 9.70. The molecule has 10 rings (SSSR count). The molecule has 7 aromatic rings. The van der Waals surface area contributed by atoms with E-state index in [2.05, 4.69) is 195 Å². The number of nitrogens with zero attached hydrogens (tertiary/aromatic N) is 1. The summed E-state index contributed by atoms with van der Waals surface area (Å²) in [7, 11) is 0. The largest absolute Gasteiger partial charge is 0.309 e. The summed E-state index contributed by atoms with van der Waals surface area (Å²) in [6.07, 6.45) is 9.13. The van der Waals surface area contributed by atoms with E-state index in [-0.39, 0.29) is 0 Å². The maximum atomic E-state index is 2.54. The summed E-state index contributed by atoms with van der Waals surface area (Å²) in [5.41, 5.74) is 21.4. The molecule has 0 radical (unpaired) electrons. The Labute approximate surface area is 306 Å². The zero-order valence-corrected chi connectivity index (χ0v) is 29.6. The average molecular weight is 666 g/mol. The molecule has 0 N–H and O–H groups in total. The summed E-state index contributed by atoms with van der Waals surface area (Å²) in [6.45, 7) is 4.55. The molecule has 7 aromatic carbocycles. The quantitative estimate of drug-likeness (QED) is 0.177. The number of aryl methyl sites for hydroxylation is 2. The highest BCUT2D eigenvalue weighted by Crippen LogP contribution is 2.64. The summed E-state index contributed by atoms with van der Waals surface area (Å²) >= 11 is 0. The third kappa shape index (κ3) is 4.42. The van der Waals surface area contributed by atoms with Gasteiger partial charge in [-0.1, -0.05) is 146 Å². The van der Waals surface area contributed by atoms with Crippen LogP contribution in [0.5, 0.6) is 0 Å². The van der Waals surface area contributed by atoms with Crippen LogP contribution in [-0.2, 0) is 5.41 Å². The molecule has 52 heavy (non-hydrogen) atoms. The van der Waals surface area contributed by atoms with Crippen molar-refractivity contribution in [1.82, 2.24) is 0 Å². The second kappa shape index (κ2) is 12.0. The van der Waals surface area contributed by atoms with E-state index < -0.39 is 5.41 Å². The third-order valence-corrected chi connectivity index (χ3v) is 11.5. The first-order valence-corrected chi connectivity index (χ1v) is 18.5. The number of benzene rings is 7. The fourth-order valence-electron chi connectivity index (χ4n) is 9.44. The van der Waals surface area contributed by atoms with E-state index in [4.69, 9.17) is 0 Å². The van der Waals surface area contributed by atoms with Crippen LogP contribution in [-0.4, -0.2) is 0 Å². The Balaban J connectivity index is 1.25. The number of rotatable bonds is 5. The molecule has 1 spiro atoms. The first kappa shape index (κ1) is 30.6. The molecular weight excluding hydrogens is 627 g/mol. The highest BCUT2D eigenvalue weighted by atomic mass is 15.1. The van der Waals surface area contributed by atoms with Crippen molar-refractivity contribution in [3.8, 4) is 33.4 Å². The topological polar surface area (TPSA) is 3.24 Å². The fraction of sp³-hybridized carbons (Fsp3) is 0.0980. The van der Waals surface area contributed by atoms with Crippen molar-refractivity contribution in [2.24, 2.45) is 0 Å². The van der Waals surface area contributed by atoms with Crippen LogP contribution in [0.25, 0.3) is 39.0 Å². The minimum absolute atomic E-state index is 0.397. The van der Waals surface area contributed by atoms with E-state index in [1.165, 1.54) is 89.3 Å². The summed E-state index contributed by atoms with van der Waals surface area (Å²) < 4.78 is 0. The molecule has 248 valence electrons. The Morgan fingerprint density at radius 2 is 1.06 bits per heavy atom. The van der Waals surface area contributed by atoms with Gasteiger partial charge in [0.05, 0.1) is 16.8 Å². The van der Waals surface area contributed by atoms with Gasteiger partial charge in [-0.25, -0.2) is 0 Å². The Bertz CT molecular complexity index is 2520. The lowest BCUT2D eigenvalue weighted by molar-refractivity contribution is 0.794. The summed E-state index contributed by atoms with van der Waals surface area (Å²) in [6, 6.07) is 59.0. The highest BCUT2D eigenvalue weighted by molar-refractivity contribution is 6.01. The molecule has 0 fully saturated rings. The van der Waals surface area contributed by atoms with E-state index in [1.54, 1.807) is 0 Å². The van der Waals surface area contributed by atoms with Crippen molar-refractivity contribution in [2.45, 2.75) is 32.1 Å². The summed E-state index contributed by atoms with van der Waals surface area (Å²) in [4.78, 5) is 2.54. The van der Waals surface area contributed by atoms with Gasteiger partial charge in [-0.2, -0.15) is 0 Å². The van der Waals surface area contributed by atoms with Crippen molar-refractivity contribution < 1.29 is 0 Å². The maximum Gasteiger partial charge on any atom is 0.0726 e. The minimum atomic E-state index is -0.397. The fourth-order valence-corrected chi connectivity index (χ4v) is 9.44. The first-order chi connectivity index (χ1) is 25.6. The van der Waals surface area contributed by atoms with E-state index in [0.29, 0.717) is 0 Å². The molecule has 3 aliphatic rings.